The van der Waals surface area contributed by atoms with E-state index in [0.717, 1.165) is 22.8 Å². The van der Waals surface area contributed by atoms with Gasteiger partial charge in [-0.15, -0.1) is 0 Å². The van der Waals surface area contributed by atoms with Gasteiger partial charge in [0.2, 0.25) is 0 Å². The maximum absolute atomic E-state index is 6.16. The number of nitrogens with two attached hydrogens (primary N) is 1. The van der Waals surface area contributed by atoms with Crippen molar-refractivity contribution in [2.75, 3.05) is 12.3 Å². The minimum absolute atomic E-state index is 0.418. The molecule has 0 aliphatic carbocycles. The molecule has 1 atom stereocenters. The van der Waals surface area contributed by atoms with Crippen LogP contribution in [-0.4, -0.2) is 6.54 Å². The highest BCUT2D eigenvalue weighted by Crippen LogP contribution is 2.32. The fourth-order valence-corrected chi connectivity index (χ4v) is 2.24. The third kappa shape index (κ3) is 1.72. The SMILES string of the molecule is Cc1cc([C@H]2CCCN2)c(Cl)cc1N. The molecule has 0 bridgehead atoms. The molecule has 1 heterocycles. The quantitative estimate of drug-likeness (QED) is 0.700. The topological polar surface area (TPSA) is 38.0 Å². The van der Waals surface area contributed by atoms with Crippen LogP contribution in [0.15, 0.2) is 12.1 Å². The molecule has 0 saturated carbocycles. The predicted molar refractivity (Wildman–Crippen MR) is 60.6 cm³/mol. The summed E-state index contributed by atoms with van der Waals surface area (Å²) in [7, 11) is 0. The summed E-state index contributed by atoms with van der Waals surface area (Å²) in [6, 6.07) is 4.37. The zero-order valence-corrected chi connectivity index (χ0v) is 9.06. The zero-order chi connectivity index (χ0) is 10.1. The molecule has 3 N–H and O–H groups in total. The third-order valence-electron chi connectivity index (χ3n) is 2.82. The lowest BCUT2D eigenvalue weighted by Gasteiger charge is -2.14. The van der Waals surface area contributed by atoms with Crippen LogP contribution >= 0.6 is 11.6 Å². The van der Waals surface area contributed by atoms with E-state index in [1.54, 1.807) is 0 Å². The van der Waals surface area contributed by atoms with E-state index in [0.29, 0.717) is 6.04 Å². The highest BCUT2D eigenvalue weighted by Gasteiger charge is 2.19. The standard InChI is InChI=1S/C11H15ClN2/c1-7-5-8(9(12)6-10(7)13)11-3-2-4-14-11/h5-6,11,14H,2-4,13H2,1H3/t11-/m1/s1. The van der Waals surface area contributed by atoms with E-state index < -0.39 is 0 Å². The summed E-state index contributed by atoms with van der Waals surface area (Å²) in [6.45, 7) is 3.11. The van der Waals surface area contributed by atoms with Crippen LogP contribution in [0.5, 0.6) is 0 Å². The lowest BCUT2D eigenvalue weighted by Crippen LogP contribution is -2.13. The lowest BCUT2D eigenvalue weighted by molar-refractivity contribution is 0.647. The minimum Gasteiger partial charge on any atom is -0.398 e. The molecule has 3 heteroatoms. The number of hydrogen-bond donors (Lipinski definition) is 2. The molecule has 76 valence electrons. The molecule has 1 fully saturated rings. The van der Waals surface area contributed by atoms with Gasteiger partial charge in [0.25, 0.3) is 0 Å². The fraction of sp³-hybridized carbons (Fsp3) is 0.455. The lowest BCUT2D eigenvalue weighted by atomic mass is 10.0. The molecule has 1 aromatic rings. The van der Waals surface area contributed by atoms with Crippen molar-refractivity contribution in [3.63, 3.8) is 0 Å². The molecule has 14 heavy (non-hydrogen) atoms. The Bertz CT molecular complexity index is 343. The van der Waals surface area contributed by atoms with Gasteiger partial charge in [-0.05, 0) is 43.5 Å². The van der Waals surface area contributed by atoms with Gasteiger partial charge < -0.3 is 11.1 Å². The molecule has 0 unspecified atom stereocenters. The highest BCUT2D eigenvalue weighted by atomic mass is 35.5. The van der Waals surface area contributed by atoms with Crippen LogP contribution in [0, 0.1) is 6.92 Å². The zero-order valence-electron chi connectivity index (χ0n) is 8.31. The smallest absolute Gasteiger partial charge is 0.0474 e. The first-order valence-corrected chi connectivity index (χ1v) is 5.35. The van der Waals surface area contributed by atoms with Gasteiger partial charge in [-0.1, -0.05) is 17.7 Å². The first-order valence-electron chi connectivity index (χ1n) is 4.97. The molecule has 0 amide bonds. The molecule has 2 rings (SSSR count). The maximum atomic E-state index is 6.16. The normalized spacial score (nSPS) is 21.4. The number of rotatable bonds is 1. The maximum Gasteiger partial charge on any atom is 0.0474 e. The summed E-state index contributed by atoms with van der Waals surface area (Å²) >= 11 is 6.16. The van der Waals surface area contributed by atoms with E-state index in [2.05, 4.69) is 11.4 Å². The molecule has 0 spiro atoms. The Morgan fingerprint density at radius 3 is 2.93 bits per heavy atom. The van der Waals surface area contributed by atoms with Crippen molar-refractivity contribution in [1.82, 2.24) is 5.32 Å². The Balaban J connectivity index is 2.37. The first-order chi connectivity index (χ1) is 6.68. The monoisotopic (exact) mass is 210 g/mol. The average Bonchev–Trinajstić information content (AvgIpc) is 2.64. The highest BCUT2D eigenvalue weighted by molar-refractivity contribution is 6.31. The van der Waals surface area contributed by atoms with Gasteiger partial charge in [0, 0.05) is 16.8 Å². The van der Waals surface area contributed by atoms with Crippen LogP contribution in [0.4, 0.5) is 5.69 Å². The number of nitrogens with one attached hydrogen (secondary N) is 1. The summed E-state index contributed by atoms with van der Waals surface area (Å²) in [5.74, 6) is 0. The molecule has 0 aromatic heterocycles. The first kappa shape index (κ1) is 9.81. The third-order valence-corrected chi connectivity index (χ3v) is 3.15. The second kappa shape index (κ2) is 3.79. The van der Waals surface area contributed by atoms with Crippen molar-refractivity contribution in [3.05, 3.63) is 28.3 Å². The van der Waals surface area contributed by atoms with Crippen LogP contribution < -0.4 is 11.1 Å². The van der Waals surface area contributed by atoms with E-state index in [9.17, 15) is 0 Å². The second-order valence-electron chi connectivity index (χ2n) is 3.88. The number of hydrogen-bond acceptors (Lipinski definition) is 2. The van der Waals surface area contributed by atoms with Crippen molar-refractivity contribution >= 4 is 17.3 Å². The number of benzene rings is 1. The van der Waals surface area contributed by atoms with E-state index in [-0.39, 0.29) is 0 Å². The van der Waals surface area contributed by atoms with Crippen LogP contribution in [0.25, 0.3) is 0 Å². The summed E-state index contributed by atoms with van der Waals surface area (Å²) in [5.41, 5.74) is 8.86. The summed E-state index contributed by atoms with van der Waals surface area (Å²) in [6.07, 6.45) is 2.40. The van der Waals surface area contributed by atoms with Crippen molar-refractivity contribution in [2.45, 2.75) is 25.8 Å². The largest absolute Gasteiger partial charge is 0.398 e. The van der Waals surface area contributed by atoms with Crippen LogP contribution in [0.1, 0.15) is 30.0 Å². The van der Waals surface area contributed by atoms with Crippen molar-refractivity contribution in [3.8, 4) is 0 Å². The molecule has 1 saturated heterocycles. The Labute approximate surface area is 89.4 Å². The number of halogens is 1. The summed E-state index contributed by atoms with van der Waals surface area (Å²) in [4.78, 5) is 0. The summed E-state index contributed by atoms with van der Waals surface area (Å²) < 4.78 is 0. The van der Waals surface area contributed by atoms with E-state index >= 15 is 0 Å². The van der Waals surface area contributed by atoms with Gasteiger partial charge in [0.1, 0.15) is 0 Å². The van der Waals surface area contributed by atoms with Crippen molar-refractivity contribution in [1.29, 1.82) is 0 Å². The van der Waals surface area contributed by atoms with Crippen molar-refractivity contribution < 1.29 is 0 Å². The Kier molecular flexibility index (Phi) is 2.66. The van der Waals surface area contributed by atoms with Gasteiger partial charge >= 0.3 is 0 Å². The fourth-order valence-electron chi connectivity index (χ4n) is 1.94. The van der Waals surface area contributed by atoms with Gasteiger partial charge in [0.15, 0.2) is 0 Å². The Hall–Kier alpha value is -0.730. The second-order valence-corrected chi connectivity index (χ2v) is 4.29. The average molecular weight is 211 g/mol. The van der Waals surface area contributed by atoms with Crippen LogP contribution in [-0.2, 0) is 0 Å². The van der Waals surface area contributed by atoms with Crippen LogP contribution in [0.2, 0.25) is 5.02 Å². The molecular weight excluding hydrogens is 196 g/mol. The molecule has 1 aliphatic heterocycles. The number of nitrogen functional groups attached to an aromatic ring is 1. The molecule has 2 nitrogen and oxygen atoms in total. The minimum atomic E-state index is 0.418. The van der Waals surface area contributed by atoms with Crippen molar-refractivity contribution in [2.24, 2.45) is 0 Å². The molecule has 0 radical (unpaired) electrons. The number of anilines is 1. The van der Waals surface area contributed by atoms with Gasteiger partial charge in [-0.3, -0.25) is 0 Å². The van der Waals surface area contributed by atoms with E-state index in [1.807, 2.05) is 13.0 Å². The molecule has 1 aliphatic rings. The van der Waals surface area contributed by atoms with Gasteiger partial charge in [-0.25, -0.2) is 0 Å². The molecule has 1 aromatic carbocycles. The van der Waals surface area contributed by atoms with Gasteiger partial charge in [-0.2, -0.15) is 0 Å². The molecular formula is C11H15ClN2. The van der Waals surface area contributed by atoms with E-state index in [1.165, 1.54) is 18.4 Å². The number of aryl methyl sites for hydroxylation is 1. The Morgan fingerprint density at radius 1 is 1.50 bits per heavy atom. The Morgan fingerprint density at radius 2 is 2.29 bits per heavy atom. The van der Waals surface area contributed by atoms with E-state index in [4.69, 9.17) is 17.3 Å². The summed E-state index contributed by atoms with van der Waals surface area (Å²) in [5, 5.41) is 4.22. The predicted octanol–water partition coefficient (Wildman–Crippen LogP) is 2.66. The van der Waals surface area contributed by atoms with Crippen LogP contribution in [0.3, 0.4) is 0 Å². The van der Waals surface area contributed by atoms with Gasteiger partial charge in [0.05, 0.1) is 0 Å².